The van der Waals surface area contributed by atoms with Crippen molar-refractivity contribution in [3.63, 3.8) is 0 Å². The summed E-state index contributed by atoms with van der Waals surface area (Å²) in [5.41, 5.74) is 5.95. The average molecular weight is 388 g/mol. The molecule has 0 amide bonds. The number of nitrogens with one attached hydrogen (secondary N) is 2. The second-order valence-corrected chi connectivity index (χ2v) is 6.56. The van der Waals surface area contributed by atoms with Gasteiger partial charge in [0.15, 0.2) is 0 Å². The number of methoxy groups -OCH3 is 2. The Balaban J connectivity index is 1.97. The van der Waals surface area contributed by atoms with Crippen LogP contribution in [-0.2, 0) is 0 Å². The molecule has 0 unspecified atom stereocenters. The van der Waals surface area contributed by atoms with E-state index in [9.17, 15) is 10.1 Å². The van der Waals surface area contributed by atoms with E-state index < -0.39 is 4.92 Å². The van der Waals surface area contributed by atoms with Crippen LogP contribution < -0.4 is 25.8 Å². The highest BCUT2D eigenvalue weighted by Crippen LogP contribution is 2.36. The Morgan fingerprint density at radius 2 is 1.93 bits per heavy atom. The number of nitrogen functional groups attached to an aromatic ring is 1. The largest absolute Gasteiger partial charge is 0.497 e. The molecule has 1 aliphatic carbocycles. The van der Waals surface area contributed by atoms with Gasteiger partial charge in [-0.2, -0.15) is 9.97 Å². The fourth-order valence-corrected chi connectivity index (χ4v) is 3.27. The zero-order valence-electron chi connectivity index (χ0n) is 15.9. The first-order valence-electron chi connectivity index (χ1n) is 9.09. The molecule has 0 radical (unpaired) electrons. The lowest BCUT2D eigenvalue weighted by molar-refractivity contribution is -0.383. The molecule has 0 spiro atoms. The number of nitrogens with zero attached hydrogens (tertiary/aromatic N) is 3. The van der Waals surface area contributed by atoms with Crippen molar-refractivity contribution in [2.75, 3.05) is 30.6 Å². The smallest absolute Gasteiger partial charge is 0.353 e. The summed E-state index contributed by atoms with van der Waals surface area (Å²) in [6, 6.07) is 5.31. The SMILES string of the molecule is COc1ccc(OC)c(Nc2nc(NC3CCCCC3)nc(N)c2[N+](=O)[O-])c1. The van der Waals surface area contributed by atoms with Gasteiger partial charge in [0.2, 0.25) is 17.6 Å². The molecule has 1 aliphatic rings. The molecular formula is C18H24N6O4. The Bertz CT molecular complexity index is 854. The molecule has 10 heteroatoms. The summed E-state index contributed by atoms with van der Waals surface area (Å²) in [6.07, 6.45) is 5.49. The zero-order chi connectivity index (χ0) is 20.1. The van der Waals surface area contributed by atoms with E-state index in [2.05, 4.69) is 20.6 Å². The summed E-state index contributed by atoms with van der Waals surface area (Å²) in [5.74, 6) is 1.09. The number of aromatic nitrogens is 2. The standard InChI is InChI=1S/C18H24N6O4/c1-27-12-8-9-14(28-2)13(10-12)21-17-15(24(25)26)16(19)22-18(23-17)20-11-6-4-3-5-7-11/h8-11H,3-7H2,1-2H3,(H4,19,20,21,22,23). The summed E-state index contributed by atoms with van der Waals surface area (Å²) >= 11 is 0. The minimum absolute atomic E-state index is 0.0117. The summed E-state index contributed by atoms with van der Waals surface area (Å²) < 4.78 is 10.5. The van der Waals surface area contributed by atoms with Crippen molar-refractivity contribution in [2.45, 2.75) is 38.1 Å². The third-order valence-electron chi connectivity index (χ3n) is 4.69. The average Bonchev–Trinajstić information content (AvgIpc) is 2.68. The van der Waals surface area contributed by atoms with Gasteiger partial charge in [0.25, 0.3) is 0 Å². The van der Waals surface area contributed by atoms with Crippen LogP contribution in [0.4, 0.5) is 29.0 Å². The lowest BCUT2D eigenvalue weighted by Crippen LogP contribution is -2.24. The number of anilines is 4. The maximum atomic E-state index is 11.5. The van der Waals surface area contributed by atoms with Gasteiger partial charge in [-0.05, 0) is 25.0 Å². The van der Waals surface area contributed by atoms with E-state index in [1.165, 1.54) is 20.6 Å². The number of nitrogens with two attached hydrogens (primary N) is 1. The van der Waals surface area contributed by atoms with Crippen LogP contribution in [0.25, 0.3) is 0 Å². The lowest BCUT2D eigenvalue weighted by Gasteiger charge is -2.23. The monoisotopic (exact) mass is 388 g/mol. The number of nitro groups is 1. The van der Waals surface area contributed by atoms with Gasteiger partial charge in [-0.25, -0.2) is 0 Å². The molecule has 0 atom stereocenters. The Morgan fingerprint density at radius 3 is 2.57 bits per heavy atom. The van der Waals surface area contributed by atoms with Gasteiger partial charge in [0.05, 0.1) is 24.8 Å². The van der Waals surface area contributed by atoms with Gasteiger partial charge < -0.3 is 25.8 Å². The Morgan fingerprint density at radius 1 is 1.18 bits per heavy atom. The Hall–Kier alpha value is -3.30. The second-order valence-electron chi connectivity index (χ2n) is 6.56. The van der Waals surface area contributed by atoms with E-state index in [1.54, 1.807) is 18.2 Å². The van der Waals surface area contributed by atoms with E-state index in [0.717, 1.165) is 25.7 Å². The van der Waals surface area contributed by atoms with Gasteiger partial charge >= 0.3 is 5.69 Å². The normalized spacial score (nSPS) is 14.4. The van der Waals surface area contributed by atoms with Crippen LogP contribution in [0.15, 0.2) is 18.2 Å². The van der Waals surface area contributed by atoms with Crippen LogP contribution in [0.2, 0.25) is 0 Å². The summed E-state index contributed by atoms with van der Waals surface area (Å²) in [7, 11) is 3.04. The molecule has 1 saturated carbocycles. The van der Waals surface area contributed by atoms with Crippen molar-refractivity contribution in [1.29, 1.82) is 0 Å². The second kappa shape index (κ2) is 8.59. The molecule has 28 heavy (non-hydrogen) atoms. The van der Waals surface area contributed by atoms with Crippen LogP contribution in [0.1, 0.15) is 32.1 Å². The number of hydrogen-bond donors (Lipinski definition) is 3. The maximum Gasteiger partial charge on any atom is 0.353 e. The summed E-state index contributed by atoms with van der Waals surface area (Å²) in [6.45, 7) is 0. The van der Waals surface area contributed by atoms with Crippen LogP contribution in [0, 0.1) is 10.1 Å². The molecule has 10 nitrogen and oxygen atoms in total. The van der Waals surface area contributed by atoms with Gasteiger partial charge in [0.1, 0.15) is 11.5 Å². The van der Waals surface area contributed by atoms with Crippen LogP contribution >= 0.6 is 0 Å². The quantitative estimate of drug-likeness (QED) is 0.480. The molecule has 2 aromatic rings. The third-order valence-corrected chi connectivity index (χ3v) is 4.69. The minimum atomic E-state index is -0.602. The zero-order valence-corrected chi connectivity index (χ0v) is 15.9. The Labute approximate surface area is 162 Å². The molecule has 0 aliphatic heterocycles. The molecule has 0 bridgehead atoms. The van der Waals surface area contributed by atoms with Crippen LogP contribution in [-0.4, -0.2) is 35.2 Å². The van der Waals surface area contributed by atoms with Crippen LogP contribution in [0.3, 0.4) is 0 Å². The minimum Gasteiger partial charge on any atom is -0.497 e. The molecule has 150 valence electrons. The number of hydrogen-bond acceptors (Lipinski definition) is 9. The predicted molar refractivity (Wildman–Crippen MR) is 106 cm³/mol. The summed E-state index contributed by atoms with van der Waals surface area (Å²) in [4.78, 5) is 19.3. The van der Waals surface area contributed by atoms with E-state index in [0.29, 0.717) is 17.2 Å². The molecule has 3 rings (SSSR count). The number of ether oxygens (including phenoxy) is 2. The molecule has 1 aromatic carbocycles. The number of rotatable bonds is 7. The van der Waals surface area contributed by atoms with Crippen molar-refractivity contribution < 1.29 is 14.4 Å². The van der Waals surface area contributed by atoms with Gasteiger partial charge in [0, 0.05) is 12.1 Å². The Kier molecular flexibility index (Phi) is 5.97. The topological polar surface area (TPSA) is 137 Å². The fraction of sp³-hybridized carbons (Fsp3) is 0.444. The van der Waals surface area contributed by atoms with Crippen molar-refractivity contribution in [3.05, 3.63) is 28.3 Å². The van der Waals surface area contributed by atoms with Crippen molar-refractivity contribution >= 4 is 29.0 Å². The summed E-state index contributed by atoms with van der Waals surface area (Å²) in [5, 5.41) is 17.7. The lowest BCUT2D eigenvalue weighted by atomic mass is 9.96. The highest BCUT2D eigenvalue weighted by molar-refractivity contribution is 5.77. The first-order chi connectivity index (χ1) is 13.5. The number of benzene rings is 1. The molecule has 1 fully saturated rings. The predicted octanol–water partition coefficient (Wildman–Crippen LogP) is 3.47. The van der Waals surface area contributed by atoms with E-state index in [-0.39, 0.29) is 29.3 Å². The molecule has 1 heterocycles. The molecular weight excluding hydrogens is 364 g/mol. The molecule has 4 N–H and O–H groups in total. The molecule has 1 aromatic heterocycles. The highest BCUT2D eigenvalue weighted by Gasteiger charge is 2.25. The van der Waals surface area contributed by atoms with Crippen molar-refractivity contribution in [3.8, 4) is 11.5 Å². The van der Waals surface area contributed by atoms with E-state index in [4.69, 9.17) is 15.2 Å². The third kappa shape index (κ3) is 4.33. The highest BCUT2D eigenvalue weighted by atomic mass is 16.6. The maximum absolute atomic E-state index is 11.5. The van der Waals surface area contributed by atoms with Gasteiger partial charge in [-0.1, -0.05) is 19.3 Å². The van der Waals surface area contributed by atoms with Crippen molar-refractivity contribution in [2.24, 2.45) is 0 Å². The van der Waals surface area contributed by atoms with Crippen molar-refractivity contribution in [1.82, 2.24) is 9.97 Å². The first-order valence-corrected chi connectivity index (χ1v) is 9.09. The fourth-order valence-electron chi connectivity index (χ4n) is 3.27. The molecule has 0 saturated heterocycles. The van der Waals surface area contributed by atoms with E-state index >= 15 is 0 Å². The van der Waals surface area contributed by atoms with E-state index in [1.807, 2.05) is 0 Å². The first kappa shape index (κ1) is 19.5. The van der Waals surface area contributed by atoms with Crippen LogP contribution in [0.5, 0.6) is 11.5 Å². The van der Waals surface area contributed by atoms with Gasteiger partial charge in [-0.3, -0.25) is 10.1 Å². The van der Waals surface area contributed by atoms with Gasteiger partial charge in [-0.15, -0.1) is 0 Å².